The zero-order chi connectivity index (χ0) is 15.0. The molecule has 0 amide bonds. The summed E-state index contributed by atoms with van der Waals surface area (Å²) in [7, 11) is 0. The van der Waals surface area contributed by atoms with E-state index in [0.717, 1.165) is 18.5 Å². The quantitative estimate of drug-likeness (QED) is 0.868. The molecule has 0 aliphatic carbocycles. The lowest BCUT2D eigenvalue weighted by atomic mass is 10.3. The van der Waals surface area contributed by atoms with E-state index in [0.29, 0.717) is 6.54 Å². The molecule has 3 rings (SSSR count). The molecule has 1 aliphatic rings. The molecule has 9 heteroatoms. The van der Waals surface area contributed by atoms with E-state index in [-0.39, 0.29) is 18.5 Å². The number of halogens is 3. The summed E-state index contributed by atoms with van der Waals surface area (Å²) in [5, 5.41) is 10.7. The van der Waals surface area contributed by atoms with Gasteiger partial charge in [-0.1, -0.05) is 0 Å². The van der Waals surface area contributed by atoms with Gasteiger partial charge in [0.25, 0.3) is 0 Å². The minimum Gasteiger partial charge on any atom is -0.416 e. The highest BCUT2D eigenvalue weighted by atomic mass is 19.4. The highest BCUT2D eigenvalue weighted by Crippen LogP contribution is 2.28. The van der Waals surface area contributed by atoms with E-state index in [1.165, 1.54) is 0 Å². The number of nitrogens with zero attached hydrogens (tertiary/aromatic N) is 5. The fourth-order valence-electron chi connectivity index (χ4n) is 2.43. The van der Waals surface area contributed by atoms with Gasteiger partial charge in [-0.15, -0.1) is 10.2 Å². The first-order chi connectivity index (χ1) is 9.91. The van der Waals surface area contributed by atoms with Crippen LogP contribution in [0.25, 0.3) is 0 Å². The van der Waals surface area contributed by atoms with Gasteiger partial charge < -0.3 is 4.42 Å². The van der Waals surface area contributed by atoms with Crippen molar-refractivity contribution in [3.8, 4) is 0 Å². The van der Waals surface area contributed by atoms with Crippen molar-refractivity contribution in [3.05, 3.63) is 29.7 Å². The first-order valence-electron chi connectivity index (χ1n) is 6.54. The number of aryl methyl sites for hydroxylation is 1. The molecule has 114 valence electrons. The van der Waals surface area contributed by atoms with Gasteiger partial charge in [-0.3, -0.25) is 9.58 Å². The van der Waals surface area contributed by atoms with Crippen LogP contribution in [-0.2, 0) is 12.7 Å². The standard InChI is InChI=1S/C12H14F3N5O/c1-8-4-16-20(5-8)9-2-3-19(6-9)7-10-17-18-11(21-10)12(13,14)15/h4-5,9H,2-3,6-7H2,1H3. The van der Waals surface area contributed by atoms with Gasteiger partial charge in [0.05, 0.1) is 18.8 Å². The van der Waals surface area contributed by atoms with Crippen LogP contribution in [0.5, 0.6) is 0 Å². The molecule has 1 atom stereocenters. The van der Waals surface area contributed by atoms with Gasteiger partial charge in [0, 0.05) is 19.3 Å². The Kier molecular flexibility index (Phi) is 3.44. The molecule has 0 N–H and O–H groups in total. The van der Waals surface area contributed by atoms with Crippen LogP contribution in [0.1, 0.15) is 29.8 Å². The third kappa shape index (κ3) is 3.07. The van der Waals surface area contributed by atoms with Crippen molar-refractivity contribution in [2.75, 3.05) is 13.1 Å². The van der Waals surface area contributed by atoms with E-state index in [1.54, 1.807) is 6.20 Å². The number of alkyl halides is 3. The summed E-state index contributed by atoms with van der Waals surface area (Å²) in [6, 6.07) is 0.226. The van der Waals surface area contributed by atoms with Crippen molar-refractivity contribution < 1.29 is 17.6 Å². The van der Waals surface area contributed by atoms with Gasteiger partial charge in [0.2, 0.25) is 5.89 Å². The Hall–Kier alpha value is -1.90. The van der Waals surface area contributed by atoms with Crippen molar-refractivity contribution in [1.29, 1.82) is 0 Å². The number of aromatic nitrogens is 4. The minimum atomic E-state index is -4.59. The summed E-state index contributed by atoms with van der Waals surface area (Å²) in [6.45, 7) is 3.64. The fraction of sp³-hybridized carbons (Fsp3) is 0.583. The Bertz CT molecular complexity index is 620. The average Bonchev–Trinajstić information content (AvgIpc) is 3.08. The number of rotatable bonds is 3. The van der Waals surface area contributed by atoms with Crippen molar-refractivity contribution in [1.82, 2.24) is 24.9 Å². The Balaban J connectivity index is 1.61. The third-order valence-electron chi connectivity index (χ3n) is 3.42. The summed E-state index contributed by atoms with van der Waals surface area (Å²) in [4.78, 5) is 1.98. The third-order valence-corrected chi connectivity index (χ3v) is 3.42. The van der Waals surface area contributed by atoms with Crippen molar-refractivity contribution in [2.24, 2.45) is 0 Å². The van der Waals surface area contributed by atoms with Crippen LogP contribution in [0.15, 0.2) is 16.8 Å². The van der Waals surface area contributed by atoms with Crippen LogP contribution in [0.3, 0.4) is 0 Å². The lowest BCUT2D eigenvalue weighted by Gasteiger charge is -2.13. The zero-order valence-electron chi connectivity index (χ0n) is 11.3. The molecule has 2 aromatic heterocycles. The maximum Gasteiger partial charge on any atom is 0.470 e. The number of likely N-dealkylation sites (tertiary alicyclic amines) is 1. The summed E-state index contributed by atoms with van der Waals surface area (Å²) in [5.74, 6) is -1.31. The maximum absolute atomic E-state index is 12.4. The molecule has 0 radical (unpaired) electrons. The molecular formula is C12H14F3N5O. The Morgan fingerprint density at radius 1 is 1.38 bits per heavy atom. The van der Waals surface area contributed by atoms with Crippen LogP contribution in [-0.4, -0.2) is 38.0 Å². The van der Waals surface area contributed by atoms with Gasteiger partial charge in [0.15, 0.2) is 0 Å². The maximum atomic E-state index is 12.4. The van der Waals surface area contributed by atoms with Gasteiger partial charge >= 0.3 is 12.1 Å². The zero-order valence-corrected chi connectivity index (χ0v) is 11.3. The second-order valence-corrected chi connectivity index (χ2v) is 5.17. The predicted molar refractivity (Wildman–Crippen MR) is 65.2 cm³/mol. The summed E-state index contributed by atoms with van der Waals surface area (Å²) < 4.78 is 43.7. The lowest BCUT2D eigenvalue weighted by molar-refractivity contribution is -0.157. The minimum absolute atomic E-state index is 0.0142. The predicted octanol–water partition coefficient (Wildman–Crippen LogP) is 2.04. The Morgan fingerprint density at radius 2 is 2.19 bits per heavy atom. The highest BCUT2D eigenvalue weighted by molar-refractivity contribution is 5.01. The van der Waals surface area contributed by atoms with Crippen molar-refractivity contribution >= 4 is 0 Å². The van der Waals surface area contributed by atoms with Crippen LogP contribution < -0.4 is 0 Å². The molecule has 6 nitrogen and oxygen atoms in total. The van der Waals surface area contributed by atoms with Crippen molar-refractivity contribution in [3.63, 3.8) is 0 Å². The SMILES string of the molecule is Cc1cnn(C2CCN(Cc3nnc(C(F)(F)F)o3)C2)c1. The topological polar surface area (TPSA) is 60.0 Å². The van der Waals surface area contributed by atoms with Gasteiger partial charge in [0.1, 0.15) is 0 Å². The largest absolute Gasteiger partial charge is 0.470 e. The highest BCUT2D eigenvalue weighted by Gasteiger charge is 2.38. The van der Waals surface area contributed by atoms with E-state index in [9.17, 15) is 13.2 Å². The molecule has 2 aromatic rings. The fourth-order valence-corrected chi connectivity index (χ4v) is 2.43. The van der Waals surface area contributed by atoms with E-state index in [1.807, 2.05) is 22.7 Å². The average molecular weight is 301 g/mol. The van der Waals surface area contributed by atoms with E-state index < -0.39 is 12.1 Å². The molecule has 0 aromatic carbocycles. The monoisotopic (exact) mass is 301 g/mol. The van der Waals surface area contributed by atoms with Crippen LogP contribution in [0, 0.1) is 6.92 Å². The van der Waals surface area contributed by atoms with E-state index in [4.69, 9.17) is 0 Å². The molecule has 0 bridgehead atoms. The lowest BCUT2D eigenvalue weighted by Crippen LogP contribution is -2.21. The molecule has 0 saturated carbocycles. The van der Waals surface area contributed by atoms with Gasteiger partial charge in [-0.25, -0.2) is 0 Å². The normalized spacial score (nSPS) is 20.3. The summed E-state index contributed by atoms with van der Waals surface area (Å²) >= 11 is 0. The molecule has 1 saturated heterocycles. The Morgan fingerprint density at radius 3 is 2.81 bits per heavy atom. The molecule has 1 aliphatic heterocycles. The summed E-state index contributed by atoms with van der Waals surface area (Å²) in [6.07, 6.45) is 0.0473. The van der Waals surface area contributed by atoms with Crippen LogP contribution in [0.4, 0.5) is 13.2 Å². The second-order valence-electron chi connectivity index (χ2n) is 5.17. The van der Waals surface area contributed by atoms with Crippen LogP contribution in [0.2, 0.25) is 0 Å². The number of hydrogen-bond acceptors (Lipinski definition) is 5. The molecule has 3 heterocycles. The molecular weight excluding hydrogens is 287 g/mol. The molecule has 1 unspecified atom stereocenters. The molecule has 1 fully saturated rings. The van der Waals surface area contributed by atoms with E-state index >= 15 is 0 Å². The van der Waals surface area contributed by atoms with Gasteiger partial charge in [-0.05, 0) is 18.9 Å². The Labute approximate surface area is 118 Å². The van der Waals surface area contributed by atoms with E-state index in [2.05, 4.69) is 19.7 Å². The smallest absolute Gasteiger partial charge is 0.416 e. The molecule has 0 spiro atoms. The first kappa shape index (κ1) is 14.1. The second kappa shape index (κ2) is 5.14. The van der Waals surface area contributed by atoms with Crippen LogP contribution >= 0.6 is 0 Å². The summed E-state index contributed by atoms with van der Waals surface area (Å²) in [5.41, 5.74) is 1.08. The number of hydrogen-bond donors (Lipinski definition) is 0. The van der Waals surface area contributed by atoms with Gasteiger partial charge in [-0.2, -0.15) is 18.3 Å². The molecule has 21 heavy (non-hydrogen) atoms. The first-order valence-corrected chi connectivity index (χ1v) is 6.54. The van der Waals surface area contributed by atoms with Crippen molar-refractivity contribution in [2.45, 2.75) is 32.1 Å².